The van der Waals surface area contributed by atoms with Crippen LogP contribution in [-0.4, -0.2) is 15.9 Å². The van der Waals surface area contributed by atoms with E-state index in [-0.39, 0.29) is 10.2 Å². The molecule has 0 radical (unpaired) electrons. The normalized spacial score (nSPS) is 15.3. The third-order valence-corrected chi connectivity index (χ3v) is 2.75. The summed E-state index contributed by atoms with van der Waals surface area (Å²) < 4.78 is 29.1. The monoisotopic (exact) mass is 258 g/mol. The lowest BCUT2D eigenvalue weighted by Gasteiger charge is -1.95. The summed E-state index contributed by atoms with van der Waals surface area (Å²) in [6, 6.07) is 2.70. The lowest BCUT2D eigenvalue weighted by atomic mass is 10.7. The molecule has 1 N–H and O–H groups in total. The van der Waals surface area contributed by atoms with Crippen LogP contribution in [0, 0.1) is 0 Å². The molecule has 1 heterocycles. The van der Waals surface area contributed by atoms with Crippen LogP contribution in [-0.2, 0) is 34.2 Å². The van der Waals surface area contributed by atoms with Crippen LogP contribution in [0.4, 0.5) is 0 Å². The number of hydrogen-bond donors (Lipinski definition) is 1. The summed E-state index contributed by atoms with van der Waals surface area (Å²) >= 11 is 4.97. The molecule has 1 aromatic heterocycles. The highest BCUT2D eigenvalue weighted by Gasteiger charge is 2.12. The number of hydrogen-bond acceptors (Lipinski definition) is 7. The summed E-state index contributed by atoms with van der Waals surface area (Å²) in [7, 11) is -2.23. The molecule has 14 heavy (non-hydrogen) atoms. The standard InChI is InChI=1S/C5H6O6S3/c1-8-10-11-13-4-2-3-5(9-4)14(6,7)12/h2-3H,1H3,(H,6,7,12). The van der Waals surface area contributed by atoms with Crippen molar-refractivity contribution in [2.75, 3.05) is 7.11 Å². The van der Waals surface area contributed by atoms with Crippen molar-refractivity contribution in [2.45, 2.75) is 10.2 Å². The maximum Gasteiger partial charge on any atom is 0.219 e. The first-order valence-electron chi connectivity index (χ1n) is 3.15. The molecule has 0 aliphatic rings. The van der Waals surface area contributed by atoms with E-state index in [1.54, 1.807) is 0 Å². The van der Waals surface area contributed by atoms with Crippen molar-refractivity contribution in [1.29, 1.82) is 0 Å². The Bertz CT molecular complexity index is 382. The van der Waals surface area contributed by atoms with Gasteiger partial charge >= 0.3 is 0 Å². The molecule has 0 aliphatic carbocycles. The van der Waals surface area contributed by atoms with Gasteiger partial charge in [-0.3, -0.25) is 4.55 Å². The van der Waals surface area contributed by atoms with Crippen LogP contribution < -0.4 is 0 Å². The Balaban J connectivity index is 2.60. The fraction of sp³-hybridized carbons (Fsp3) is 0.200. The van der Waals surface area contributed by atoms with E-state index >= 15 is 0 Å². The molecule has 0 spiro atoms. The fourth-order valence-corrected chi connectivity index (χ4v) is 1.72. The summed E-state index contributed by atoms with van der Waals surface area (Å²) in [6.45, 7) is 0. The van der Waals surface area contributed by atoms with E-state index in [2.05, 4.69) is 25.4 Å². The van der Waals surface area contributed by atoms with E-state index in [0.29, 0.717) is 12.0 Å². The smallest absolute Gasteiger partial charge is 0.219 e. The Morgan fingerprint density at radius 3 is 2.86 bits per heavy atom. The largest absolute Gasteiger partial charge is 0.436 e. The maximum atomic E-state index is 10.9. The van der Waals surface area contributed by atoms with E-state index in [0.717, 1.165) is 0 Å². The first kappa shape index (κ1) is 11.9. The second-order valence-electron chi connectivity index (χ2n) is 1.93. The van der Waals surface area contributed by atoms with Gasteiger partial charge in [0.1, 0.15) is 12.0 Å². The highest BCUT2D eigenvalue weighted by molar-refractivity contribution is 8.29. The molecule has 0 aromatic carbocycles. The van der Waals surface area contributed by atoms with Crippen LogP contribution in [0.15, 0.2) is 26.7 Å². The van der Waals surface area contributed by atoms with Crippen molar-refractivity contribution in [3.8, 4) is 0 Å². The molecule has 1 rings (SSSR count). The predicted molar refractivity (Wildman–Crippen MR) is 50.1 cm³/mol. The topological polar surface area (TPSA) is 78.1 Å². The molecule has 1 atom stereocenters. The highest BCUT2D eigenvalue weighted by atomic mass is 32.8. The Kier molecular flexibility index (Phi) is 4.31. The van der Waals surface area contributed by atoms with Gasteiger partial charge in [0.25, 0.3) is 0 Å². The van der Waals surface area contributed by atoms with Crippen molar-refractivity contribution in [3.05, 3.63) is 12.1 Å². The van der Waals surface area contributed by atoms with Crippen molar-refractivity contribution in [3.63, 3.8) is 0 Å². The van der Waals surface area contributed by atoms with Gasteiger partial charge < -0.3 is 4.42 Å². The SMILES string of the molecule is COOOSc1ccc(S(=O)(O)=S)o1. The van der Waals surface area contributed by atoms with Gasteiger partial charge in [-0.2, -0.15) is 0 Å². The molecule has 6 nitrogen and oxygen atoms in total. The van der Waals surface area contributed by atoms with E-state index in [1.807, 2.05) is 0 Å². The van der Waals surface area contributed by atoms with E-state index in [1.165, 1.54) is 19.2 Å². The van der Waals surface area contributed by atoms with Gasteiger partial charge in [0.2, 0.25) is 13.9 Å². The van der Waals surface area contributed by atoms with Gasteiger partial charge in [0, 0.05) is 11.2 Å². The van der Waals surface area contributed by atoms with Crippen LogP contribution in [0.1, 0.15) is 0 Å². The second kappa shape index (κ2) is 5.07. The third kappa shape index (κ3) is 3.53. The minimum atomic E-state index is -3.49. The summed E-state index contributed by atoms with van der Waals surface area (Å²) in [5.41, 5.74) is 0. The lowest BCUT2D eigenvalue weighted by molar-refractivity contribution is -0.447. The second-order valence-corrected chi connectivity index (χ2v) is 5.35. The zero-order valence-corrected chi connectivity index (χ0v) is 9.32. The maximum absolute atomic E-state index is 10.9. The molecule has 0 bridgehead atoms. The molecule has 0 saturated carbocycles. The van der Waals surface area contributed by atoms with E-state index in [4.69, 9.17) is 8.97 Å². The van der Waals surface area contributed by atoms with Crippen molar-refractivity contribution < 1.29 is 27.4 Å². The van der Waals surface area contributed by atoms with Crippen molar-refractivity contribution >= 4 is 32.0 Å². The van der Waals surface area contributed by atoms with Gasteiger partial charge in [0.15, 0.2) is 5.09 Å². The average molecular weight is 258 g/mol. The Hall–Kier alpha value is -0.160. The van der Waals surface area contributed by atoms with Crippen LogP contribution in [0.5, 0.6) is 0 Å². The van der Waals surface area contributed by atoms with Gasteiger partial charge in [-0.25, -0.2) is 9.10 Å². The molecular formula is C5H6O6S3. The van der Waals surface area contributed by atoms with Gasteiger partial charge in [0.05, 0.1) is 7.11 Å². The first-order chi connectivity index (χ1) is 6.54. The summed E-state index contributed by atoms with van der Waals surface area (Å²) in [4.78, 5) is 4.13. The van der Waals surface area contributed by atoms with Crippen LogP contribution in [0.2, 0.25) is 0 Å². The minimum Gasteiger partial charge on any atom is -0.436 e. The molecule has 9 heteroatoms. The Labute approximate surface area is 89.1 Å². The lowest BCUT2D eigenvalue weighted by Crippen LogP contribution is -1.92. The zero-order chi connectivity index (χ0) is 10.6. The molecule has 0 amide bonds. The molecular weight excluding hydrogens is 252 g/mol. The molecule has 80 valence electrons. The molecule has 0 fully saturated rings. The van der Waals surface area contributed by atoms with Crippen LogP contribution in [0.25, 0.3) is 0 Å². The third-order valence-electron chi connectivity index (χ3n) is 1.02. The summed E-state index contributed by atoms with van der Waals surface area (Å²) in [5, 5.41) is 4.10. The van der Waals surface area contributed by atoms with Gasteiger partial charge in [-0.05, 0) is 12.1 Å². The van der Waals surface area contributed by atoms with Gasteiger partial charge in [-0.15, -0.1) is 4.33 Å². The quantitative estimate of drug-likeness (QED) is 0.367. The highest BCUT2D eigenvalue weighted by Crippen LogP contribution is 2.24. The predicted octanol–water partition coefficient (Wildman–Crippen LogP) is 1.37. The number of rotatable bonds is 5. The van der Waals surface area contributed by atoms with E-state index in [9.17, 15) is 4.21 Å². The van der Waals surface area contributed by atoms with Crippen molar-refractivity contribution in [1.82, 2.24) is 0 Å². The number of furan rings is 1. The fourth-order valence-electron chi connectivity index (χ4n) is 0.562. The molecule has 0 saturated heterocycles. The molecule has 0 aliphatic heterocycles. The Morgan fingerprint density at radius 2 is 2.36 bits per heavy atom. The summed E-state index contributed by atoms with van der Waals surface area (Å²) in [6.07, 6.45) is 0. The minimum absolute atomic E-state index is 0.198. The molecule has 1 aromatic rings. The van der Waals surface area contributed by atoms with Crippen LogP contribution in [0.3, 0.4) is 0 Å². The Morgan fingerprint density at radius 1 is 1.64 bits per heavy atom. The molecule has 1 unspecified atom stereocenters. The average Bonchev–Trinajstić information content (AvgIpc) is 2.52. The summed E-state index contributed by atoms with van der Waals surface area (Å²) in [5.74, 6) is 0. The first-order valence-corrected chi connectivity index (χ1v) is 6.33. The van der Waals surface area contributed by atoms with Gasteiger partial charge in [-0.1, -0.05) is 5.04 Å². The zero-order valence-electron chi connectivity index (χ0n) is 6.87. The van der Waals surface area contributed by atoms with Crippen LogP contribution >= 0.6 is 12.0 Å². The van der Waals surface area contributed by atoms with Crippen molar-refractivity contribution in [2.24, 2.45) is 0 Å². The van der Waals surface area contributed by atoms with E-state index < -0.39 is 8.77 Å².